The van der Waals surface area contributed by atoms with Crippen LogP contribution < -0.4 is 4.72 Å². The van der Waals surface area contributed by atoms with E-state index in [0.717, 1.165) is 0 Å². The molecule has 1 fully saturated rings. The lowest BCUT2D eigenvalue weighted by Crippen LogP contribution is -2.42. The van der Waals surface area contributed by atoms with Gasteiger partial charge in [-0.1, -0.05) is 35.0 Å². The molecule has 0 bridgehead atoms. The molecule has 1 atom stereocenters. The third kappa shape index (κ3) is 2.83. The molecule has 1 aliphatic heterocycles. The van der Waals surface area contributed by atoms with E-state index in [9.17, 15) is 13.5 Å². The Morgan fingerprint density at radius 1 is 1.41 bits per heavy atom. The Morgan fingerprint density at radius 2 is 2.05 bits per heavy atom. The number of hydrogen-bond donors (Lipinski definition) is 2. The highest BCUT2D eigenvalue weighted by atomic mass is 35.5. The predicted octanol–water partition coefficient (Wildman–Crippen LogP) is 1.71. The highest BCUT2D eigenvalue weighted by Gasteiger charge is 2.44. The molecule has 0 saturated carbocycles. The molecule has 1 aromatic rings. The summed E-state index contributed by atoms with van der Waals surface area (Å²) in [5.41, 5.74) is -1.19. The quantitative estimate of drug-likeness (QED) is 0.829. The van der Waals surface area contributed by atoms with Gasteiger partial charge in [0.2, 0.25) is 10.0 Å². The summed E-state index contributed by atoms with van der Waals surface area (Å²) in [6.07, 6.45) is 0. The normalized spacial score (nSPS) is 24.3. The fraction of sp³-hybridized carbons (Fsp3) is 0.417. The monoisotopic (exact) mass is 383 g/mol. The van der Waals surface area contributed by atoms with Crippen LogP contribution in [0.4, 0.5) is 0 Å². The number of aliphatic hydroxyl groups is 1. The Bertz CT molecular complexity index is 739. The summed E-state index contributed by atoms with van der Waals surface area (Å²) in [4.78, 5) is 5.49. The lowest BCUT2D eigenvalue weighted by Gasteiger charge is -2.32. The van der Waals surface area contributed by atoms with Crippen LogP contribution in [0, 0.1) is 0 Å². The number of nitrogens with one attached hydrogen (secondary N) is 1. The first-order chi connectivity index (χ1) is 10.2. The topological polar surface area (TPSA) is 82.0 Å². The number of aliphatic imine (C=N–C) groups is 1. The fourth-order valence-corrected chi connectivity index (χ4v) is 4.94. The molecule has 6 nitrogen and oxygen atoms in total. The number of sulfonamides is 1. The van der Waals surface area contributed by atoms with Gasteiger partial charge in [-0.2, -0.15) is 0 Å². The van der Waals surface area contributed by atoms with Gasteiger partial charge in [-0.3, -0.25) is 4.99 Å². The standard InChI is InChI=1S/C12H15Cl2N3O3S2/c1-15-11-17(3)12(18,6-21-11)7-4-10(22(19,20)16-2)9(14)5-8(7)13/h4-5,16,18H,6H2,1-3H3. The van der Waals surface area contributed by atoms with Gasteiger partial charge in [0.1, 0.15) is 4.90 Å². The lowest BCUT2D eigenvalue weighted by molar-refractivity contribution is -0.0348. The van der Waals surface area contributed by atoms with Crippen molar-refractivity contribution in [3.05, 3.63) is 27.7 Å². The molecule has 2 N–H and O–H groups in total. The largest absolute Gasteiger partial charge is 0.366 e. The fourth-order valence-electron chi connectivity index (χ4n) is 2.14. The van der Waals surface area contributed by atoms with Gasteiger partial charge in [-0.15, -0.1) is 0 Å². The number of benzene rings is 1. The summed E-state index contributed by atoms with van der Waals surface area (Å²) in [6.45, 7) is 0. The Labute approximate surface area is 143 Å². The minimum Gasteiger partial charge on any atom is -0.366 e. The molecule has 1 aromatic carbocycles. The SMILES string of the molecule is CN=C1SCC(O)(c2cc(S(=O)(=O)NC)c(Cl)cc2Cl)N1C. The smallest absolute Gasteiger partial charge is 0.241 e. The zero-order valence-corrected chi connectivity index (χ0v) is 15.2. The van der Waals surface area contributed by atoms with Crippen molar-refractivity contribution in [1.29, 1.82) is 0 Å². The number of amidine groups is 1. The van der Waals surface area contributed by atoms with Gasteiger partial charge in [0, 0.05) is 19.7 Å². The molecular formula is C12H15Cl2N3O3S2. The average molecular weight is 384 g/mol. The molecule has 2 rings (SSSR count). The van der Waals surface area contributed by atoms with E-state index in [0.29, 0.717) is 5.17 Å². The Hall–Kier alpha value is -0.510. The second kappa shape index (κ2) is 6.18. The zero-order chi connectivity index (χ0) is 16.7. The van der Waals surface area contributed by atoms with Crippen molar-refractivity contribution in [3.63, 3.8) is 0 Å². The van der Waals surface area contributed by atoms with Crippen molar-refractivity contribution in [3.8, 4) is 0 Å². The maximum Gasteiger partial charge on any atom is 0.241 e. The maximum atomic E-state index is 12.0. The first-order valence-electron chi connectivity index (χ1n) is 6.16. The van der Waals surface area contributed by atoms with E-state index in [4.69, 9.17) is 23.2 Å². The first-order valence-corrected chi connectivity index (χ1v) is 9.38. The van der Waals surface area contributed by atoms with E-state index in [1.165, 1.54) is 30.9 Å². The van der Waals surface area contributed by atoms with Gasteiger partial charge in [-0.05, 0) is 19.2 Å². The van der Waals surface area contributed by atoms with E-state index in [1.54, 1.807) is 19.0 Å². The van der Waals surface area contributed by atoms with Gasteiger partial charge in [0.15, 0.2) is 10.9 Å². The number of nitrogens with zero attached hydrogens (tertiary/aromatic N) is 2. The summed E-state index contributed by atoms with van der Waals surface area (Å²) < 4.78 is 26.3. The molecule has 1 unspecified atom stereocenters. The highest BCUT2D eigenvalue weighted by molar-refractivity contribution is 8.14. The van der Waals surface area contributed by atoms with Gasteiger partial charge in [-0.25, -0.2) is 13.1 Å². The molecule has 1 heterocycles. The van der Waals surface area contributed by atoms with E-state index < -0.39 is 15.7 Å². The van der Waals surface area contributed by atoms with Gasteiger partial charge < -0.3 is 10.0 Å². The molecule has 0 aromatic heterocycles. The molecule has 10 heteroatoms. The van der Waals surface area contributed by atoms with E-state index >= 15 is 0 Å². The second-order valence-electron chi connectivity index (χ2n) is 4.64. The maximum absolute atomic E-state index is 12.0. The molecule has 22 heavy (non-hydrogen) atoms. The average Bonchev–Trinajstić information content (AvgIpc) is 2.75. The Kier molecular flexibility index (Phi) is 5.01. The summed E-state index contributed by atoms with van der Waals surface area (Å²) >= 11 is 13.5. The van der Waals surface area contributed by atoms with Crippen LogP contribution in [-0.4, -0.2) is 50.5 Å². The third-order valence-corrected chi connectivity index (χ3v) is 6.90. The van der Waals surface area contributed by atoms with Crippen molar-refractivity contribution in [2.75, 3.05) is 26.9 Å². The highest BCUT2D eigenvalue weighted by Crippen LogP contribution is 2.42. The molecule has 0 spiro atoms. The summed E-state index contributed by atoms with van der Waals surface area (Å²) in [7, 11) is 0.800. The van der Waals surface area contributed by atoms with Crippen LogP contribution in [0.1, 0.15) is 5.56 Å². The Morgan fingerprint density at radius 3 is 2.55 bits per heavy atom. The van der Waals surface area contributed by atoms with Crippen LogP contribution in [0.25, 0.3) is 0 Å². The minimum absolute atomic E-state index is 0.00983. The minimum atomic E-state index is -3.77. The number of halogens is 2. The van der Waals surface area contributed by atoms with Crippen molar-refractivity contribution in [2.24, 2.45) is 4.99 Å². The summed E-state index contributed by atoms with van der Waals surface area (Å²) in [6, 6.07) is 2.62. The molecular weight excluding hydrogens is 369 g/mol. The van der Waals surface area contributed by atoms with Crippen LogP contribution in [0.15, 0.2) is 22.0 Å². The van der Waals surface area contributed by atoms with E-state index in [1.807, 2.05) is 0 Å². The Balaban J connectivity index is 2.65. The summed E-state index contributed by atoms with van der Waals surface area (Å²) in [5.74, 6) is 0.274. The van der Waals surface area contributed by atoms with Crippen LogP contribution in [-0.2, 0) is 15.7 Å². The molecule has 0 amide bonds. The van der Waals surface area contributed by atoms with Crippen LogP contribution in [0.5, 0.6) is 0 Å². The number of thioether (sulfide) groups is 1. The van der Waals surface area contributed by atoms with Crippen LogP contribution >= 0.6 is 35.0 Å². The van der Waals surface area contributed by atoms with Crippen molar-refractivity contribution < 1.29 is 13.5 Å². The second-order valence-corrected chi connectivity index (χ2v) is 8.25. The summed E-state index contributed by atoms with van der Waals surface area (Å²) in [5, 5.41) is 11.8. The molecule has 122 valence electrons. The van der Waals surface area contributed by atoms with Crippen LogP contribution in [0.3, 0.4) is 0 Å². The number of hydrogen-bond acceptors (Lipinski definition) is 5. The van der Waals surface area contributed by atoms with E-state index in [-0.39, 0.29) is 26.3 Å². The molecule has 0 radical (unpaired) electrons. The molecule has 1 saturated heterocycles. The van der Waals surface area contributed by atoms with Crippen molar-refractivity contribution in [2.45, 2.75) is 10.6 Å². The number of rotatable bonds is 3. The van der Waals surface area contributed by atoms with Crippen molar-refractivity contribution in [1.82, 2.24) is 9.62 Å². The lowest BCUT2D eigenvalue weighted by atomic mass is 10.0. The zero-order valence-electron chi connectivity index (χ0n) is 12.1. The molecule has 0 aliphatic carbocycles. The predicted molar refractivity (Wildman–Crippen MR) is 90.2 cm³/mol. The van der Waals surface area contributed by atoms with Crippen molar-refractivity contribution >= 4 is 50.2 Å². The first kappa shape index (κ1) is 17.8. The molecule has 1 aliphatic rings. The van der Waals surface area contributed by atoms with E-state index in [2.05, 4.69) is 9.71 Å². The third-order valence-electron chi connectivity index (χ3n) is 3.45. The van der Waals surface area contributed by atoms with Gasteiger partial charge >= 0.3 is 0 Å². The van der Waals surface area contributed by atoms with Crippen LogP contribution in [0.2, 0.25) is 10.0 Å². The van der Waals surface area contributed by atoms with Gasteiger partial charge in [0.05, 0.1) is 15.8 Å². The van der Waals surface area contributed by atoms with Gasteiger partial charge in [0.25, 0.3) is 0 Å².